The molecule has 1 amide bonds. The molecular weight excluding hydrogens is 426 g/mol. The van der Waals surface area contributed by atoms with Crippen molar-refractivity contribution in [3.05, 3.63) is 40.2 Å². The van der Waals surface area contributed by atoms with Crippen molar-refractivity contribution in [2.45, 2.75) is 63.3 Å². The molecule has 32 heavy (non-hydrogen) atoms. The lowest BCUT2D eigenvalue weighted by Crippen LogP contribution is -2.42. The molecule has 1 aliphatic heterocycles. The summed E-state index contributed by atoms with van der Waals surface area (Å²) in [5, 5.41) is 3.29. The Bertz CT molecular complexity index is 1180. The van der Waals surface area contributed by atoms with Gasteiger partial charge in [0.05, 0.1) is 10.4 Å². The molecule has 2 aliphatic rings. The largest absolute Gasteiger partial charge is 0.350 e. The number of nitrogens with one attached hydrogen (secondary N) is 1. The van der Waals surface area contributed by atoms with E-state index < -0.39 is 15.5 Å². The number of hydrogen-bond acceptors (Lipinski definition) is 4. The number of nitrogens with zero attached hydrogens (tertiary/aromatic N) is 2. The highest BCUT2D eigenvalue weighted by Crippen LogP contribution is 2.26. The summed E-state index contributed by atoms with van der Waals surface area (Å²) in [6, 6.07) is 4.70. The van der Waals surface area contributed by atoms with Crippen LogP contribution in [0.5, 0.6) is 0 Å². The topological polar surface area (TPSA) is 88.5 Å². The fourth-order valence-corrected chi connectivity index (χ4v) is 6.44. The van der Waals surface area contributed by atoms with Gasteiger partial charge in [-0.2, -0.15) is 4.31 Å². The van der Waals surface area contributed by atoms with Gasteiger partial charge < -0.3 is 9.88 Å². The van der Waals surface area contributed by atoms with Crippen molar-refractivity contribution in [2.24, 2.45) is 18.9 Å². The number of benzene rings is 1. The average molecular weight is 460 g/mol. The van der Waals surface area contributed by atoms with Gasteiger partial charge in [-0.3, -0.25) is 9.59 Å². The molecule has 2 fully saturated rings. The van der Waals surface area contributed by atoms with E-state index in [9.17, 15) is 18.0 Å². The molecule has 0 unspecified atom stereocenters. The van der Waals surface area contributed by atoms with Crippen LogP contribution < -0.4 is 10.7 Å². The minimum Gasteiger partial charge on any atom is -0.350 e. The molecule has 1 aromatic carbocycles. The quantitative estimate of drug-likeness (QED) is 0.760. The summed E-state index contributed by atoms with van der Waals surface area (Å²) in [5.74, 6) is 0.504. The zero-order valence-electron chi connectivity index (χ0n) is 19.1. The van der Waals surface area contributed by atoms with Crippen LogP contribution >= 0.6 is 0 Å². The molecule has 2 atom stereocenters. The number of pyridine rings is 1. The van der Waals surface area contributed by atoms with Crippen molar-refractivity contribution in [1.82, 2.24) is 14.2 Å². The third-order valence-corrected chi connectivity index (χ3v) is 9.11. The van der Waals surface area contributed by atoms with Crippen LogP contribution in [0.1, 0.15) is 62.7 Å². The summed E-state index contributed by atoms with van der Waals surface area (Å²) in [4.78, 5) is 26.4. The van der Waals surface area contributed by atoms with Crippen LogP contribution in [0.15, 0.2) is 34.1 Å². The second-order valence-electron chi connectivity index (χ2n) is 9.59. The number of rotatable bonds is 4. The van der Waals surface area contributed by atoms with Crippen LogP contribution in [0.4, 0.5) is 0 Å². The van der Waals surface area contributed by atoms with Crippen molar-refractivity contribution in [3.8, 4) is 0 Å². The van der Waals surface area contributed by atoms with Crippen molar-refractivity contribution in [3.63, 3.8) is 0 Å². The summed E-state index contributed by atoms with van der Waals surface area (Å²) in [6.07, 6.45) is 7.43. The molecule has 2 heterocycles. The first-order valence-electron chi connectivity index (χ1n) is 11.6. The number of aryl methyl sites for hydroxylation is 1. The van der Waals surface area contributed by atoms with E-state index in [-0.39, 0.29) is 27.8 Å². The van der Waals surface area contributed by atoms with Crippen molar-refractivity contribution < 1.29 is 13.2 Å². The van der Waals surface area contributed by atoms with Crippen LogP contribution in [0.3, 0.4) is 0 Å². The Morgan fingerprint density at radius 1 is 1.06 bits per heavy atom. The summed E-state index contributed by atoms with van der Waals surface area (Å²) in [7, 11) is -1.92. The van der Waals surface area contributed by atoms with E-state index >= 15 is 0 Å². The van der Waals surface area contributed by atoms with Gasteiger partial charge >= 0.3 is 0 Å². The Labute approximate surface area is 189 Å². The maximum atomic E-state index is 13.3. The highest BCUT2D eigenvalue weighted by molar-refractivity contribution is 7.89. The van der Waals surface area contributed by atoms with Crippen molar-refractivity contribution in [1.29, 1.82) is 0 Å². The second kappa shape index (κ2) is 8.98. The Morgan fingerprint density at radius 2 is 1.75 bits per heavy atom. The third kappa shape index (κ3) is 4.35. The normalized spacial score (nSPS) is 23.3. The van der Waals surface area contributed by atoms with Gasteiger partial charge in [0.15, 0.2) is 0 Å². The number of hydrogen-bond donors (Lipinski definition) is 1. The summed E-state index contributed by atoms with van der Waals surface area (Å²) in [6.45, 7) is 5.23. The van der Waals surface area contributed by atoms with Gasteiger partial charge in [-0.25, -0.2) is 8.42 Å². The summed E-state index contributed by atoms with van der Waals surface area (Å²) >= 11 is 0. The Morgan fingerprint density at radius 3 is 2.44 bits per heavy atom. The highest BCUT2D eigenvalue weighted by atomic mass is 32.2. The van der Waals surface area contributed by atoms with Gasteiger partial charge in [-0.15, -0.1) is 0 Å². The van der Waals surface area contributed by atoms with Gasteiger partial charge in [0, 0.05) is 37.8 Å². The number of piperidine rings is 1. The van der Waals surface area contributed by atoms with Crippen LogP contribution in [0.25, 0.3) is 10.9 Å². The first-order valence-corrected chi connectivity index (χ1v) is 13.1. The zero-order chi connectivity index (χ0) is 23.0. The summed E-state index contributed by atoms with van der Waals surface area (Å²) in [5.41, 5.74) is 0.228. The monoisotopic (exact) mass is 459 g/mol. The van der Waals surface area contributed by atoms with E-state index in [1.165, 1.54) is 16.8 Å². The van der Waals surface area contributed by atoms with Gasteiger partial charge in [0.2, 0.25) is 15.5 Å². The minimum atomic E-state index is -3.68. The standard InChI is InChI=1S/C24H33N3O4S/c1-16-10-12-27(13-11-16)32(30,31)18-8-9-22-19(14-18)23(28)20(15-26(22)3)24(29)25-21-7-5-4-6-17(21)2/h8-9,14-17,21H,4-7,10-13H2,1-3H3,(H,25,29)/t17-,21-/m0/s1. The lowest BCUT2D eigenvalue weighted by Gasteiger charge is -2.29. The molecule has 0 spiro atoms. The van der Waals surface area contributed by atoms with Crippen LogP contribution in [-0.4, -0.2) is 42.3 Å². The van der Waals surface area contributed by atoms with E-state index in [1.807, 2.05) is 0 Å². The average Bonchev–Trinajstić information content (AvgIpc) is 2.77. The molecule has 8 heteroatoms. The maximum Gasteiger partial charge on any atom is 0.256 e. The molecular formula is C24H33N3O4S. The van der Waals surface area contributed by atoms with Gasteiger partial charge in [0.25, 0.3) is 5.91 Å². The first-order chi connectivity index (χ1) is 15.2. The molecule has 4 rings (SSSR count). The van der Waals surface area contributed by atoms with Crippen LogP contribution in [0, 0.1) is 11.8 Å². The number of sulfonamides is 1. The molecule has 2 aromatic rings. The minimum absolute atomic E-state index is 0.0547. The molecule has 174 valence electrons. The fraction of sp³-hybridized carbons (Fsp3) is 0.583. The van der Waals surface area contributed by atoms with Crippen molar-refractivity contribution in [2.75, 3.05) is 13.1 Å². The smallest absolute Gasteiger partial charge is 0.256 e. The molecule has 1 aliphatic carbocycles. The molecule has 1 aromatic heterocycles. The van der Waals surface area contributed by atoms with Gasteiger partial charge in [-0.1, -0.05) is 26.7 Å². The first kappa shape index (κ1) is 23.0. The number of carbonyl (C=O) groups excluding carboxylic acids is 1. The number of amides is 1. The Kier molecular flexibility index (Phi) is 6.45. The Balaban J connectivity index is 1.69. The predicted octanol–water partition coefficient (Wildman–Crippen LogP) is 3.27. The number of aromatic nitrogens is 1. The SMILES string of the molecule is CC1CCN(S(=O)(=O)c2ccc3c(c2)c(=O)c(C(=O)N[C@H]2CCCC[C@@H]2C)cn3C)CC1. The van der Waals surface area contributed by atoms with E-state index in [1.54, 1.807) is 29.9 Å². The van der Waals surface area contributed by atoms with Crippen LogP contribution in [-0.2, 0) is 17.1 Å². The molecule has 1 saturated heterocycles. The lowest BCUT2D eigenvalue weighted by molar-refractivity contribution is 0.0908. The molecule has 7 nitrogen and oxygen atoms in total. The van der Waals surface area contributed by atoms with Crippen LogP contribution in [0.2, 0.25) is 0 Å². The molecule has 1 N–H and O–H groups in total. The van der Waals surface area contributed by atoms with Crippen molar-refractivity contribution >= 4 is 26.8 Å². The van der Waals surface area contributed by atoms with E-state index in [4.69, 9.17) is 0 Å². The van der Waals surface area contributed by atoms with E-state index in [0.717, 1.165) is 32.1 Å². The van der Waals surface area contributed by atoms with E-state index in [0.29, 0.717) is 30.4 Å². The lowest BCUT2D eigenvalue weighted by atomic mass is 9.86. The number of fused-ring (bicyclic) bond motifs is 1. The number of carbonyl (C=O) groups is 1. The molecule has 1 saturated carbocycles. The predicted molar refractivity (Wildman–Crippen MR) is 125 cm³/mol. The maximum absolute atomic E-state index is 13.3. The molecule has 0 bridgehead atoms. The van der Waals surface area contributed by atoms with Gasteiger partial charge in [0.1, 0.15) is 5.56 Å². The second-order valence-corrected chi connectivity index (χ2v) is 11.5. The summed E-state index contributed by atoms with van der Waals surface area (Å²) < 4.78 is 29.6. The molecule has 0 radical (unpaired) electrons. The zero-order valence-corrected chi connectivity index (χ0v) is 20.0. The Hall–Kier alpha value is -2.19. The van der Waals surface area contributed by atoms with E-state index in [2.05, 4.69) is 19.2 Å². The van der Waals surface area contributed by atoms with Gasteiger partial charge in [-0.05, 0) is 55.7 Å². The third-order valence-electron chi connectivity index (χ3n) is 7.21. The highest BCUT2D eigenvalue weighted by Gasteiger charge is 2.29. The fourth-order valence-electron chi connectivity index (χ4n) is 4.94.